The van der Waals surface area contributed by atoms with Crippen molar-refractivity contribution in [2.24, 2.45) is 0 Å². The first-order valence-corrected chi connectivity index (χ1v) is 7.84. The summed E-state index contributed by atoms with van der Waals surface area (Å²) in [5.41, 5.74) is -0.305. The molecule has 1 aromatic heterocycles. The van der Waals surface area contributed by atoms with Crippen molar-refractivity contribution in [1.82, 2.24) is 15.5 Å². The second-order valence-electron chi connectivity index (χ2n) is 4.92. The highest BCUT2D eigenvalue weighted by atomic mass is 35.5. The first-order valence-electron chi connectivity index (χ1n) is 6.47. The van der Waals surface area contributed by atoms with Crippen molar-refractivity contribution in [2.45, 2.75) is 37.0 Å². The highest BCUT2D eigenvalue weighted by Crippen LogP contribution is 2.25. The number of aromatic nitrogens is 2. The molecule has 0 bridgehead atoms. The molecule has 0 amide bonds. The molecule has 0 unspecified atom stereocenters. The van der Waals surface area contributed by atoms with Gasteiger partial charge in [0.1, 0.15) is 0 Å². The molecule has 4 nitrogen and oxygen atoms in total. The SMILES string of the molecule is CCNC(C)(C)c1nc(CSc2cccc(Cl)c2)no1. The molecule has 20 heavy (non-hydrogen) atoms. The van der Waals surface area contributed by atoms with Crippen LogP contribution in [0.15, 0.2) is 33.7 Å². The molecule has 0 aliphatic rings. The van der Waals surface area contributed by atoms with Crippen LogP contribution >= 0.6 is 23.4 Å². The molecule has 0 spiro atoms. The Morgan fingerprint density at radius 1 is 1.40 bits per heavy atom. The molecule has 6 heteroatoms. The number of halogens is 1. The van der Waals surface area contributed by atoms with E-state index in [1.165, 1.54) is 0 Å². The Bertz CT molecular complexity index is 571. The maximum absolute atomic E-state index is 5.95. The van der Waals surface area contributed by atoms with E-state index >= 15 is 0 Å². The van der Waals surface area contributed by atoms with Crippen molar-refractivity contribution in [3.05, 3.63) is 41.0 Å². The molecule has 2 aromatic rings. The molecule has 0 aliphatic carbocycles. The smallest absolute Gasteiger partial charge is 0.246 e. The van der Waals surface area contributed by atoms with Gasteiger partial charge in [-0.15, -0.1) is 11.8 Å². The summed E-state index contributed by atoms with van der Waals surface area (Å²) in [6, 6.07) is 7.73. The molecule has 0 saturated carbocycles. The Kier molecular flexibility index (Phi) is 5.07. The van der Waals surface area contributed by atoms with E-state index in [9.17, 15) is 0 Å². The number of nitrogens with zero attached hydrogens (tertiary/aromatic N) is 2. The largest absolute Gasteiger partial charge is 0.337 e. The average Bonchev–Trinajstić information content (AvgIpc) is 2.86. The fourth-order valence-corrected chi connectivity index (χ4v) is 2.84. The Morgan fingerprint density at radius 3 is 2.90 bits per heavy atom. The second-order valence-corrected chi connectivity index (χ2v) is 6.40. The summed E-state index contributed by atoms with van der Waals surface area (Å²) in [6.45, 7) is 6.95. The minimum atomic E-state index is -0.305. The van der Waals surface area contributed by atoms with Gasteiger partial charge < -0.3 is 9.84 Å². The predicted molar refractivity (Wildman–Crippen MR) is 82.0 cm³/mol. The number of hydrogen-bond acceptors (Lipinski definition) is 5. The summed E-state index contributed by atoms with van der Waals surface area (Å²) < 4.78 is 5.33. The normalized spacial score (nSPS) is 11.8. The van der Waals surface area contributed by atoms with Crippen molar-refractivity contribution < 1.29 is 4.52 Å². The lowest BCUT2D eigenvalue weighted by Crippen LogP contribution is -2.36. The van der Waals surface area contributed by atoms with Crippen molar-refractivity contribution in [3.8, 4) is 0 Å². The van der Waals surface area contributed by atoms with Crippen molar-refractivity contribution in [3.63, 3.8) is 0 Å². The third-order valence-corrected chi connectivity index (χ3v) is 4.01. The lowest BCUT2D eigenvalue weighted by molar-refractivity contribution is 0.271. The fourth-order valence-electron chi connectivity index (χ4n) is 1.79. The van der Waals surface area contributed by atoms with E-state index in [1.807, 2.05) is 45.0 Å². The zero-order valence-electron chi connectivity index (χ0n) is 11.8. The van der Waals surface area contributed by atoms with Crippen LogP contribution in [0.4, 0.5) is 0 Å². The zero-order valence-corrected chi connectivity index (χ0v) is 13.4. The van der Waals surface area contributed by atoms with Crippen LogP contribution in [-0.4, -0.2) is 16.7 Å². The van der Waals surface area contributed by atoms with Crippen LogP contribution in [0.1, 0.15) is 32.5 Å². The van der Waals surface area contributed by atoms with Crippen molar-refractivity contribution >= 4 is 23.4 Å². The van der Waals surface area contributed by atoms with E-state index in [0.717, 1.165) is 16.5 Å². The van der Waals surface area contributed by atoms with Gasteiger partial charge in [-0.3, -0.25) is 0 Å². The summed E-state index contributed by atoms with van der Waals surface area (Å²) in [7, 11) is 0. The molecule has 1 N–H and O–H groups in total. The quantitative estimate of drug-likeness (QED) is 0.821. The van der Waals surface area contributed by atoms with Crippen LogP contribution < -0.4 is 5.32 Å². The Hall–Kier alpha value is -1.04. The topological polar surface area (TPSA) is 51.0 Å². The van der Waals surface area contributed by atoms with Gasteiger partial charge in [-0.2, -0.15) is 4.98 Å². The van der Waals surface area contributed by atoms with Crippen LogP contribution in [-0.2, 0) is 11.3 Å². The van der Waals surface area contributed by atoms with E-state index in [2.05, 4.69) is 15.5 Å². The maximum atomic E-state index is 5.95. The first kappa shape index (κ1) is 15.4. The van der Waals surface area contributed by atoms with Gasteiger partial charge in [0, 0.05) is 9.92 Å². The molecular formula is C14H18ClN3OS. The zero-order chi connectivity index (χ0) is 14.6. The number of benzene rings is 1. The first-order chi connectivity index (χ1) is 9.51. The molecule has 1 heterocycles. The highest BCUT2D eigenvalue weighted by Gasteiger charge is 2.26. The van der Waals surface area contributed by atoms with Gasteiger partial charge in [0.15, 0.2) is 5.82 Å². The molecule has 1 aromatic carbocycles. The third kappa shape index (κ3) is 3.98. The lowest BCUT2D eigenvalue weighted by Gasteiger charge is -2.20. The number of nitrogens with one attached hydrogen (secondary N) is 1. The Morgan fingerprint density at radius 2 is 2.20 bits per heavy atom. The van der Waals surface area contributed by atoms with Gasteiger partial charge in [0.05, 0.1) is 11.3 Å². The monoisotopic (exact) mass is 311 g/mol. The van der Waals surface area contributed by atoms with Gasteiger partial charge >= 0.3 is 0 Å². The Balaban J connectivity index is 2.00. The van der Waals surface area contributed by atoms with Crippen LogP contribution in [0.5, 0.6) is 0 Å². The van der Waals surface area contributed by atoms with E-state index in [4.69, 9.17) is 16.1 Å². The minimum absolute atomic E-state index is 0.305. The summed E-state index contributed by atoms with van der Waals surface area (Å²) in [6.07, 6.45) is 0. The van der Waals surface area contributed by atoms with Crippen molar-refractivity contribution in [1.29, 1.82) is 0 Å². The van der Waals surface area contributed by atoms with E-state index < -0.39 is 0 Å². The van der Waals surface area contributed by atoms with Gasteiger partial charge in [-0.25, -0.2) is 0 Å². The van der Waals surface area contributed by atoms with Crippen LogP contribution in [0.2, 0.25) is 5.02 Å². The van der Waals surface area contributed by atoms with Crippen LogP contribution in [0.3, 0.4) is 0 Å². The van der Waals surface area contributed by atoms with Crippen molar-refractivity contribution in [2.75, 3.05) is 6.54 Å². The van der Waals surface area contributed by atoms with E-state index in [1.54, 1.807) is 11.8 Å². The van der Waals surface area contributed by atoms with Gasteiger partial charge in [-0.05, 0) is 38.6 Å². The van der Waals surface area contributed by atoms with Gasteiger partial charge in [-0.1, -0.05) is 29.7 Å². The molecule has 0 atom stereocenters. The molecule has 0 aliphatic heterocycles. The van der Waals surface area contributed by atoms with Crippen LogP contribution in [0.25, 0.3) is 0 Å². The summed E-state index contributed by atoms with van der Waals surface area (Å²) in [5.74, 6) is 1.96. The molecule has 0 saturated heterocycles. The van der Waals surface area contributed by atoms with E-state index in [-0.39, 0.29) is 5.54 Å². The minimum Gasteiger partial charge on any atom is -0.337 e. The summed E-state index contributed by atoms with van der Waals surface area (Å²) >= 11 is 7.59. The predicted octanol–water partition coefficient (Wildman–Crippen LogP) is 3.86. The third-order valence-electron chi connectivity index (χ3n) is 2.79. The Labute approximate surface area is 128 Å². The molecule has 0 radical (unpaired) electrons. The highest BCUT2D eigenvalue weighted by molar-refractivity contribution is 7.98. The van der Waals surface area contributed by atoms with Gasteiger partial charge in [0.25, 0.3) is 0 Å². The second kappa shape index (κ2) is 6.61. The van der Waals surface area contributed by atoms with Crippen LogP contribution in [0, 0.1) is 0 Å². The maximum Gasteiger partial charge on any atom is 0.246 e. The number of thioether (sulfide) groups is 1. The fraction of sp³-hybridized carbons (Fsp3) is 0.429. The average molecular weight is 312 g/mol. The van der Waals surface area contributed by atoms with Gasteiger partial charge in [0.2, 0.25) is 5.89 Å². The molecule has 2 rings (SSSR count). The molecule has 108 valence electrons. The molecular weight excluding hydrogens is 294 g/mol. The standard InChI is InChI=1S/C14H18ClN3OS/c1-4-16-14(2,3)13-17-12(18-19-13)9-20-11-7-5-6-10(15)8-11/h5-8,16H,4,9H2,1-3H3. The van der Waals surface area contributed by atoms with E-state index in [0.29, 0.717) is 17.5 Å². The lowest BCUT2D eigenvalue weighted by atomic mass is 10.1. The number of hydrogen-bond donors (Lipinski definition) is 1. The summed E-state index contributed by atoms with van der Waals surface area (Å²) in [5, 5.41) is 8.07. The summed E-state index contributed by atoms with van der Waals surface area (Å²) in [4.78, 5) is 5.54. The number of rotatable bonds is 6. The molecule has 0 fully saturated rings.